The molecular weight excluding hydrogens is 338 g/mol. The molecule has 2 N–H and O–H groups in total. The van der Waals surface area contributed by atoms with E-state index in [2.05, 4.69) is 54.8 Å². The Morgan fingerprint density at radius 3 is 2.41 bits per heavy atom. The summed E-state index contributed by atoms with van der Waals surface area (Å²) in [5.41, 5.74) is 2.43. The Balaban J connectivity index is 1.94. The van der Waals surface area contributed by atoms with Gasteiger partial charge in [0.1, 0.15) is 0 Å². The average molecular weight is 370 g/mol. The monoisotopic (exact) mass is 369 g/mol. The first kappa shape index (κ1) is 20.6. The molecular formula is C22H31N3O2. The first-order valence-electron chi connectivity index (χ1n) is 9.46. The lowest BCUT2D eigenvalue weighted by Gasteiger charge is -2.18. The fraction of sp³-hybridized carbons (Fsp3) is 0.409. The van der Waals surface area contributed by atoms with Crippen LogP contribution in [0, 0.1) is 0 Å². The van der Waals surface area contributed by atoms with Crippen molar-refractivity contribution in [2.24, 2.45) is 4.99 Å². The molecule has 5 nitrogen and oxygen atoms in total. The number of hydrogen-bond donors (Lipinski definition) is 2. The Hall–Kier alpha value is -2.69. The number of rotatable bonds is 9. The Bertz CT molecular complexity index is 717. The fourth-order valence-corrected chi connectivity index (χ4v) is 2.80. The summed E-state index contributed by atoms with van der Waals surface area (Å²) < 4.78 is 10.7. The molecule has 0 bridgehead atoms. The highest BCUT2D eigenvalue weighted by atomic mass is 16.5. The molecule has 0 aliphatic rings. The minimum Gasteiger partial charge on any atom is -0.493 e. The van der Waals surface area contributed by atoms with Gasteiger partial charge in [0, 0.05) is 12.6 Å². The van der Waals surface area contributed by atoms with E-state index in [1.165, 1.54) is 5.56 Å². The van der Waals surface area contributed by atoms with Gasteiger partial charge in [-0.25, -0.2) is 4.99 Å². The van der Waals surface area contributed by atoms with Gasteiger partial charge in [-0.2, -0.15) is 0 Å². The van der Waals surface area contributed by atoms with E-state index >= 15 is 0 Å². The molecule has 0 saturated carbocycles. The van der Waals surface area contributed by atoms with Crippen LogP contribution in [0.4, 0.5) is 0 Å². The number of methoxy groups -OCH3 is 2. The fourth-order valence-electron chi connectivity index (χ4n) is 2.80. The zero-order chi connectivity index (χ0) is 19.5. The van der Waals surface area contributed by atoms with E-state index in [9.17, 15) is 0 Å². The highest BCUT2D eigenvalue weighted by Gasteiger charge is 2.07. The van der Waals surface area contributed by atoms with Crippen LogP contribution >= 0.6 is 0 Å². The first-order chi connectivity index (χ1) is 13.2. The van der Waals surface area contributed by atoms with E-state index in [0.717, 1.165) is 42.4 Å². The molecule has 0 aliphatic heterocycles. The number of aryl methyl sites for hydroxylation is 1. The molecule has 0 aliphatic carbocycles. The second-order valence-electron chi connectivity index (χ2n) is 6.45. The van der Waals surface area contributed by atoms with Crippen molar-refractivity contribution in [3.63, 3.8) is 0 Å². The molecule has 0 amide bonds. The predicted molar refractivity (Wildman–Crippen MR) is 112 cm³/mol. The molecule has 2 aromatic rings. The van der Waals surface area contributed by atoms with E-state index in [1.807, 2.05) is 18.2 Å². The lowest BCUT2D eigenvalue weighted by Crippen LogP contribution is -2.42. The van der Waals surface area contributed by atoms with Crippen molar-refractivity contribution in [2.45, 2.75) is 39.3 Å². The average Bonchev–Trinajstić information content (AvgIpc) is 2.71. The first-order valence-corrected chi connectivity index (χ1v) is 9.46. The highest BCUT2D eigenvalue weighted by molar-refractivity contribution is 5.80. The number of ether oxygens (including phenoxy) is 2. The predicted octanol–water partition coefficient (Wildman–Crippen LogP) is 3.78. The van der Waals surface area contributed by atoms with Crippen LogP contribution < -0.4 is 20.1 Å². The smallest absolute Gasteiger partial charge is 0.191 e. The summed E-state index contributed by atoms with van der Waals surface area (Å²) in [5.74, 6) is 2.28. The highest BCUT2D eigenvalue weighted by Crippen LogP contribution is 2.27. The summed E-state index contributed by atoms with van der Waals surface area (Å²) >= 11 is 0. The van der Waals surface area contributed by atoms with Gasteiger partial charge < -0.3 is 20.1 Å². The molecule has 2 aromatic carbocycles. The van der Waals surface area contributed by atoms with Crippen LogP contribution in [0.15, 0.2) is 53.5 Å². The second kappa shape index (κ2) is 11.1. The molecule has 1 unspecified atom stereocenters. The van der Waals surface area contributed by atoms with E-state index in [1.54, 1.807) is 14.2 Å². The van der Waals surface area contributed by atoms with Gasteiger partial charge in [0.15, 0.2) is 17.5 Å². The standard InChI is InChI=1S/C22H31N3O2/c1-5-23-22(25-17(2)11-12-18-9-7-6-8-10-18)24-16-19-13-14-20(26-3)21(15-19)27-4/h6-10,13-15,17H,5,11-12,16H2,1-4H3,(H2,23,24,25). The molecule has 0 aromatic heterocycles. The van der Waals surface area contributed by atoms with Gasteiger partial charge in [-0.1, -0.05) is 36.4 Å². The largest absolute Gasteiger partial charge is 0.493 e. The number of guanidine groups is 1. The van der Waals surface area contributed by atoms with Gasteiger partial charge in [0.2, 0.25) is 0 Å². The quantitative estimate of drug-likeness (QED) is 0.522. The summed E-state index contributed by atoms with van der Waals surface area (Å²) in [4.78, 5) is 4.71. The van der Waals surface area contributed by atoms with Gasteiger partial charge in [0.25, 0.3) is 0 Å². The van der Waals surface area contributed by atoms with Gasteiger partial charge in [-0.05, 0) is 49.9 Å². The molecule has 0 spiro atoms. The number of aliphatic imine (C=N–C) groups is 1. The van der Waals surface area contributed by atoms with Crippen LogP contribution in [0.2, 0.25) is 0 Å². The number of hydrogen-bond acceptors (Lipinski definition) is 3. The molecule has 0 radical (unpaired) electrons. The lowest BCUT2D eigenvalue weighted by molar-refractivity contribution is 0.354. The number of nitrogens with one attached hydrogen (secondary N) is 2. The zero-order valence-electron chi connectivity index (χ0n) is 16.8. The maximum absolute atomic E-state index is 5.37. The van der Waals surface area contributed by atoms with Crippen LogP contribution in [0.3, 0.4) is 0 Å². The maximum atomic E-state index is 5.37. The van der Waals surface area contributed by atoms with Crippen molar-refractivity contribution in [2.75, 3.05) is 20.8 Å². The Morgan fingerprint density at radius 2 is 1.74 bits per heavy atom. The van der Waals surface area contributed by atoms with E-state index in [4.69, 9.17) is 14.5 Å². The minimum atomic E-state index is 0.327. The van der Waals surface area contributed by atoms with Crippen LogP contribution in [0.25, 0.3) is 0 Å². The van der Waals surface area contributed by atoms with Crippen molar-refractivity contribution in [3.05, 3.63) is 59.7 Å². The Morgan fingerprint density at radius 1 is 1.00 bits per heavy atom. The molecule has 146 valence electrons. The van der Waals surface area contributed by atoms with Crippen molar-refractivity contribution in [1.82, 2.24) is 10.6 Å². The molecule has 27 heavy (non-hydrogen) atoms. The molecule has 5 heteroatoms. The Labute approximate surface area is 162 Å². The second-order valence-corrected chi connectivity index (χ2v) is 6.45. The Kier molecular flexibility index (Phi) is 8.49. The van der Waals surface area contributed by atoms with Crippen molar-refractivity contribution in [1.29, 1.82) is 0 Å². The summed E-state index contributed by atoms with van der Waals surface area (Å²) in [6, 6.07) is 16.8. The van der Waals surface area contributed by atoms with Gasteiger partial charge in [-0.3, -0.25) is 0 Å². The lowest BCUT2D eigenvalue weighted by atomic mass is 10.1. The minimum absolute atomic E-state index is 0.327. The van der Waals surface area contributed by atoms with Crippen LogP contribution in [0.5, 0.6) is 11.5 Å². The molecule has 1 atom stereocenters. The van der Waals surface area contributed by atoms with Gasteiger partial charge >= 0.3 is 0 Å². The maximum Gasteiger partial charge on any atom is 0.191 e. The molecule has 0 saturated heterocycles. The third-order valence-corrected chi connectivity index (χ3v) is 4.30. The normalized spacial score (nSPS) is 12.4. The molecule has 2 rings (SSSR count). The number of nitrogens with zero attached hydrogens (tertiary/aromatic N) is 1. The van der Waals surface area contributed by atoms with Gasteiger partial charge in [0.05, 0.1) is 20.8 Å². The van der Waals surface area contributed by atoms with E-state index in [0.29, 0.717) is 12.6 Å². The van der Waals surface area contributed by atoms with Crippen molar-refractivity contribution in [3.8, 4) is 11.5 Å². The van der Waals surface area contributed by atoms with Crippen LogP contribution in [0.1, 0.15) is 31.4 Å². The van der Waals surface area contributed by atoms with E-state index in [-0.39, 0.29) is 0 Å². The van der Waals surface area contributed by atoms with Crippen LogP contribution in [-0.4, -0.2) is 32.8 Å². The van der Waals surface area contributed by atoms with Crippen molar-refractivity contribution >= 4 is 5.96 Å². The summed E-state index contributed by atoms with van der Waals surface area (Å²) in [5, 5.41) is 6.81. The summed E-state index contributed by atoms with van der Waals surface area (Å²) in [6.07, 6.45) is 2.09. The molecule has 0 fully saturated rings. The van der Waals surface area contributed by atoms with Gasteiger partial charge in [-0.15, -0.1) is 0 Å². The molecule has 0 heterocycles. The summed E-state index contributed by atoms with van der Waals surface area (Å²) in [7, 11) is 3.28. The third kappa shape index (κ3) is 6.85. The number of benzene rings is 2. The zero-order valence-corrected chi connectivity index (χ0v) is 16.8. The van der Waals surface area contributed by atoms with Crippen molar-refractivity contribution < 1.29 is 9.47 Å². The topological polar surface area (TPSA) is 54.9 Å². The van der Waals surface area contributed by atoms with E-state index < -0.39 is 0 Å². The SMILES string of the molecule is CCNC(=NCc1ccc(OC)c(OC)c1)NC(C)CCc1ccccc1. The third-order valence-electron chi connectivity index (χ3n) is 4.30. The summed E-state index contributed by atoms with van der Waals surface area (Å²) in [6.45, 7) is 5.65. The van der Waals surface area contributed by atoms with Crippen LogP contribution in [-0.2, 0) is 13.0 Å².